The minimum atomic E-state index is -1.59. The first-order valence-corrected chi connectivity index (χ1v) is 19.3. The molecule has 0 radical (unpaired) electrons. The van der Waals surface area contributed by atoms with E-state index in [1.165, 1.54) is 14.0 Å². The van der Waals surface area contributed by atoms with Crippen LogP contribution >= 0.6 is 0 Å². The van der Waals surface area contributed by atoms with Crippen molar-refractivity contribution in [2.24, 2.45) is 5.92 Å². The lowest BCUT2D eigenvalue weighted by atomic mass is 9.97. The van der Waals surface area contributed by atoms with Gasteiger partial charge in [-0.1, -0.05) is 91.0 Å². The summed E-state index contributed by atoms with van der Waals surface area (Å²) in [7, 11) is 1.46. The van der Waals surface area contributed by atoms with E-state index in [2.05, 4.69) is 0 Å². The lowest BCUT2D eigenvalue weighted by Gasteiger charge is -2.45. The Bertz CT molecular complexity index is 1820. The van der Waals surface area contributed by atoms with Gasteiger partial charge in [0.25, 0.3) is 0 Å². The van der Waals surface area contributed by atoms with Gasteiger partial charge in [-0.15, -0.1) is 0 Å². The summed E-state index contributed by atoms with van der Waals surface area (Å²) < 4.78 is 41.1. The maximum absolute atomic E-state index is 13.6. The van der Waals surface area contributed by atoms with E-state index in [0.717, 1.165) is 40.7 Å². The van der Waals surface area contributed by atoms with E-state index in [1.807, 2.05) is 91.0 Å². The number of methoxy groups -OCH3 is 1. The molecular formula is C44H51NO13. The number of carbonyl (C=O) groups excluding carboxylic acids is 5. The Morgan fingerprint density at radius 3 is 1.98 bits per heavy atom. The Morgan fingerprint density at radius 2 is 1.41 bits per heavy atom. The molecule has 2 amide bonds. The average Bonchev–Trinajstić information content (AvgIpc) is 3.61. The highest BCUT2D eigenvalue weighted by atomic mass is 16.7. The molecule has 5 rings (SSSR count). The van der Waals surface area contributed by atoms with Crippen molar-refractivity contribution in [2.45, 2.75) is 89.2 Å². The number of amides is 2. The lowest BCUT2D eigenvalue weighted by Crippen LogP contribution is -2.61. The maximum Gasteiger partial charge on any atom is 0.416 e. The largest absolute Gasteiger partial charge is 0.453 e. The van der Waals surface area contributed by atoms with Gasteiger partial charge in [0, 0.05) is 27.1 Å². The zero-order valence-electron chi connectivity index (χ0n) is 32.9. The van der Waals surface area contributed by atoms with Crippen LogP contribution in [0.1, 0.15) is 43.4 Å². The number of benzene rings is 3. The highest BCUT2D eigenvalue weighted by molar-refractivity contribution is 6.04. The number of ether oxygens (including phenoxy) is 7. The van der Waals surface area contributed by atoms with Crippen LogP contribution < -0.4 is 0 Å². The molecule has 2 aliphatic heterocycles. The number of ketones is 2. The number of imide groups is 1. The van der Waals surface area contributed by atoms with Crippen LogP contribution in [0.4, 0.5) is 4.79 Å². The fourth-order valence-electron chi connectivity index (χ4n) is 6.84. The molecule has 3 aromatic carbocycles. The summed E-state index contributed by atoms with van der Waals surface area (Å²) in [6, 6.07) is 27.7. The van der Waals surface area contributed by atoms with Crippen molar-refractivity contribution < 1.29 is 62.2 Å². The predicted octanol–water partition coefficient (Wildman–Crippen LogP) is 4.54. The molecule has 58 heavy (non-hydrogen) atoms. The Balaban J connectivity index is 1.20. The highest BCUT2D eigenvalue weighted by Crippen LogP contribution is 2.30. The predicted molar refractivity (Wildman–Crippen MR) is 208 cm³/mol. The van der Waals surface area contributed by atoms with Crippen LogP contribution in [0, 0.1) is 5.92 Å². The van der Waals surface area contributed by atoms with Gasteiger partial charge in [0.05, 0.1) is 31.8 Å². The number of cyclic esters (lactones) is 1. The van der Waals surface area contributed by atoms with Crippen LogP contribution in [0.2, 0.25) is 0 Å². The molecule has 0 spiro atoms. The zero-order chi connectivity index (χ0) is 41.4. The molecule has 2 fully saturated rings. The molecule has 1 N–H and O–H groups in total. The molecule has 0 bridgehead atoms. The number of allylic oxidation sites excluding steroid dienone is 1. The minimum Gasteiger partial charge on any atom is -0.453 e. The first kappa shape index (κ1) is 44.0. The summed E-state index contributed by atoms with van der Waals surface area (Å²) in [6.07, 6.45) is -3.88. The van der Waals surface area contributed by atoms with Gasteiger partial charge in [-0.3, -0.25) is 19.2 Å². The highest BCUT2D eigenvalue weighted by Gasteiger charge is 2.48. The van der Waals surface area contributed by atoms with Crippen LogP contribution in [0.25, 0.3) is 0 Å². The number of nitrogens with zero attached hydrogens (tertiary/aromatic N) is 1. The normalized spacial score (nSPS) is 23.0. The Morgan fingerprint density at radius 1 is 0.828 bits per heavy atom. The first-order valence-electron chi connectivity index (χ1n) is 19.3. The van der Waals surface area contributed by atoms with Crippen molar-refractivity contribution in [3.63, 3.8) is 0 Å². The minimum absolute atomic E-state index is 0.0226. The van der Waals surface area contributed by atoms with Gasteiger partial charge in [0.2, 0.25) is 5.91 Å². The van der Waals surface area contributed by atoms with Gasteiger partial charge in [-0.2, -0.15) is 0 Å². The summed E-state index contributed by atoms with van der Waals surface area (Å²) in [4.78, 5) is 65.5. The number of esters is 1. The monoisotopic (exact) mass is 801 g/mol. The molecule has 0 saturated carbocycles. The van der Waals surface area contributed by atoms with E-state index < -0.39 is 78.3 Å². The van der Waals surface area contributed by atoms with E-state index in [1.54, 1.807) is 0 Å². The summed E-state index contributed by atoms with van der Waals surface area (Å²) in [5, 5.41) is 10.3. The number of rotatable bonds is 21. The van der Waals surface area contributed by atoms with Gasteiger partial charge >= 0.3 is 12.1 Å². The van der Waals surface area contributed by atoms with Crippen molar-refractivity contribution in [1.29, 1.82) is 0 Å². The Kier molecular flexibility index (Phi) is 16.8. The third kappa shape index (κ3) is 12.2. The molecule has 14 nitrogen and oxygen atoms in total. The molecule has 2 heterocycles. The van der Waals surface area contributed by atoms with E-state index >= 15 is 0 Å². The molecule has 14 heteroatoms. The van der Waals surface area contributed by atoms with Crippen LogP contribution in [0.5, 0.6) is 0 Å². The lowest BCUT2D eigenvalue weighted by molar-refractivity contribution is -0.319. The second kappa shape index (κ2) is 22.2. The SMILES string of the molecule is COC1OC(CO)C(OCc2ccccc2)C(OCc2ccccc2)C1OCCCC(=O)C=CC(=O)C(OC(C)=O)C(C)C(=O)N1C(=O)OCC1Cc1ccccc1. The first-order chi connectivity index (χ1) is 28.1. The van der Waals surface area contributed by atoms with Crippen molar-refractivity contribution in [3.05, 3.63) is 120 Å². The average molecular weight is 802 g/mol. The standard InChI is InChI=1S/C44H51NO13/c1-29(42(50)45-34(28-56-44(45)51)24-31-14-7-4-8-15-31)38(57-30(2)47)36(49)22-21-35(48)20-13-23-53-41-40(55-27-33-18-11-6-12-19-33)39(37(25-46)58-43(41)52-3)54-26-32-16-9-5-10-17-32/h4-12,14-19,21-22,29,34,37-41,43,46H,13,20,23-28H2,1-3H3. The molecule has 310 valence electrons. The topological polar surface area (TPSA) is 173 Å². The molecular weight excluding hydrogens is 750 g/mol. The van der Waals surface area contributed by atoms with E-state index in [4.69, 9.17) is 33.2 Å². The van der Waals surface area contributed by atoms with Gasteiger partial charge in [0.1, 0.15) is 31.0 Å². The number of aliphatic hydroxyl groups excluding tert-OH is 1. The molecule has 0 aromatic heterocycles. The van der Waals surface area contributed by atoms with Crippen molar-refractivity contribution in [1.82, 2.24) is 4.90 Å². The fraction of sp³-hybridized carbons (Fsp3) is 0.432. The summed E-state index contributed by atoms with van der Waals surface area (Å²) in [5.74, 6) is -4.04. The van der Waals surface area contributed by atoms with E-state index in [0.29, 0.717) is 6.42 Å². The molecule has 3 aromatic rings. The molecule has 2 saturated heterocycles. The van der Waals surface area contributed by atoms with Gasteiger partial charge in [0.15, 0.2) is 24.0 Å². The Labute approximate surface area is 337 Å². The van der Waals surface area contributed by atoms with Gasteiger partial charge in [-0.25, -0.2) is 9.69 Å². The summed E-state index contributed by atoms with van der Waals surface area (Å²) in [5.41, 5.74) is 2.71. The number of carbonyl (C=O) groups is 5. The van der Waals surface area contributed by atoms with Gasteiger partial charge < -0.3 is 38.3 Å². The Hall–Kier alpha value is -5.09. The van der Waals surface area contributed by atoms with Crippen LogP contribution in [-0.2, 0) is 72.0 Å². The van der Waals surface area contributed by atoms with Crippen molar-refractivity contribution >= 4 is 29.5 Å². The molecule has 8 unspecified atom stereocenters. The van der Waals surface area contributed by atoms with E-state index in [9.17, 15) is 29.1 Å². The second-order valence-electron chi connectivity index (χ2n) is 14.1. The summed E-state index contributed by atoms with van der Waals surface area (Å²) in [6.45, 7) is 2.61. The molecule has 2 aliphatic rings. The van der Waals surface area contributed by atoms with Crippen LogP contribution in [0.15, 0.2) is 103 Å². The van der Waals surface area contributed by atoms with Crippen LogP contribution in [0.3, 0.4) is 0 Å². The van der Waals surface area contributed by atoms with Crippen molar-refractivity contribution in [2.75, 3.05) is 26.9 Å². The maximum atomic E-state index is 13.6. The van der Waals surface area contributed by atoms with Gasteiger partial charge in [-0.05, 0) is 48.6 Å². The molecule has 8 atom stereocenters. The third-order valence-electron chi connectivity index (χ3n) is 9.81. The number of aliphatic hydroxyl groups is 1. The third-order valence-corrected chi connectivity index (χ3v) is 9.81. The number of hydrogen-bond donors (Lipinski definition) is 1. The summed E-state index contributed by atoms with van der Waals surface area (Å²) >= 11 is 0. The zero-order valence-corrected chi connectivity index (χ0v) is 32.9. The fourth-order valence-corrected chi connectivity index (χ4v) is 6.84. The second-order valence-corrected chi connectivity index (χ2v) is 14.1. The number of hydrogen-bond acceptors (Lipinski definition) is 13. The van der Waals surface area contributed by atoms with Crippen LogP contribution in [-0.4, -0.2) is 109 Å². The molecule has 0 aliphatic carbocycles. The van der Waals surface area contributed by atoms with E-state index in [-0.39, 0.29) is 45.9 Å². The quantitative estimate of drug-likeness (QED) is 0.0905. The smallest absolute Gasteiger partial charge is 0.416 e. The van der Waals surface area contributed by atoms with Crippen molar-refractivity contribution in [3.8, 4) is 0 Å².